The van der Waals surface area contributed by atoms with Gasteiger partial charge in [-0.2, -0.15) is 9.89 Å². The first kappa shape index (κ1) is 19.0. The van der Waals surface area contributed by atoms with Crippen molar-refractivity contribution < 1.29 is 9.18 Å². The van der Waals surface area contributed by atoms with E-state index in [0.717, 1.165) is 16.8 Å². The van der Waals surface area contributed by atoms with Gasteiger partial charge in [0.15, 0.2) is 5.82 Å². The smallest absolute Gasteiger partial charge is 0.221 e. The second-order valence-electron chi connectivity index (χ2n) is 6.63. The molecular formula is C22H18ClFN4O. The Hall–Kier alpha value is -3.38. The predicted octanol–water partition coefficient (Wildman–Crippen LogP) is 5.20. The molecule has 1 amide bonds. The van der Waals surface area contributed by atoms with Gasteiger partial charge in [-0.15, -0.1) is 0 Å². The van der Waals surface area contributed by atoms with Crippen LogP contribution in [0, 0.1) is 5.82 Å². The van der Waals surface area contributed by atoms with E-state index in [1.54, 1.807) is 6.20 Å². The summed E-state index contributed by atoms with van der Waals surface area (Å²) in [6, 6.07) is 18.7. The summed E-state index contributed by atoms with van der Waals surface area (Å²) in [6.45, 7) is 1.88. The summed E-state index contributed by atoms with van der Waals surface area (Å²) in [4.78, 5) is 12.5. The minimum atomic E-state index is -0.519. The third kappa shape index (κ3) is 3.93. The Bertz CT molecular complexity index is 1170. The van der Waals surface area contributed by atoms with Crippen molar-refractivity contribution in [3.05, 3.63) is 83.3 Å². The number of rotatable bonds is 5. The average molecular weight is 409 g/mol. The molecule has 0 atom stereocenters. The van der Waals surface area contributed by atoms with Crippen LogP contribution in [0.4, 0.5) is 10.1 Å². The molecule has 0 bridgehead atoms. The number of anilines is 1. The van der Waals surface area contributed by atoms with Crippen LogP contribution in [0.25, 0.3) is 22.0 Å². The largest absolute Gasteiger partial charge is 0.326 e. The van der Waals surface area contributed by atoms with Gasteiger partial charge in [0.1, 0.15) is 5.52 Å². The molecule has 4 aromatic rings. The number of benzene rings is 3. The minimum absolute atomic E-state index is 0.0620. The van der Waals surface area contributed by atoms with Crippen molar-refractivity contribution in [1.82, 2.24) is 9.89 Å². The fourth-order valence-electron chi connectivity index (χ4n) is 3.15. The van der Waals surface area contributed by atoms with Crippen molar-refractivity contribution in [2.75, 3.05) is 10.7 Å². The monoisotopic (exact) mass is 408 g/mol. The van der Waals surface area contributed by atoms with Crippen molar-refractivity contribution in [2.45, 2.75) is 13.5 Å². The lowest BCUT2D eigenvalue weighted by atomic mass is 10.0. The van der Waals surface area contributed by atoms with E-state index in [9.17, 15) is 4.79 Å². The summed E-state index contributed by atoms with van der Waals surface area (Å²) in [5.74, 6) is -0.643. The van der Waals surface area contributed by atoms with Gasteiger partial charge >= 0.3 is 0 Å². The summed E-state index contributed by atoms with van der Waals surface area (Å²) in [7, 11) is 0. The summed E-state index contributed by atoms with van der Waals surface area (Å²) in [5, 5.41) is 7.69. The van der Waals surface area contributed by atoms with E-state index in [1.165, 1.54) is 11.7 Å². The van der Waals surface area contributed by atoms with E-state index in [2.05, 4.69) is 15.8 Å². The summed E-state index contributed by atoms with van der Waals surface area (Å²) < 4.78 is 15.1. The second kappa shape index (κ2) is 7.93. The van der Waals surface area contributed by atoms with Crippen LogP contribution in [0.3, 0.4) is 0 Å². The summed E-state index contributed by atoms with van der Waals surface area (Å²) >= 11 is 6.33. The number of carbonyl (C=O) groups is 1. The molecule has 1 aromatic heterocycles. The number of carbonyl (C=O) groups excluding carboxylic acids is 1. The second-order valence-corrected chi connectivity index (χ2v) is 7.00. The van der Waals surface area contributed by atoms with Gasteiger partial charge in [0, 0.05) is 23.6 Å². The molecule has 7 heteroatoms. The molecule has 0 unspecified atom stereocenters. The molecule has 0 spiro atoms. The zero-order chi connectivity index (χ0) is 20.4. The molecule has 29 heavy (non-hydrogen) atoms. The Morgan fingerprint density at radius 2 is 1.86 bits per heavy atom. The summed E-state index contributed by atoms with van der Waals surface area (Å²) in [5.41, 5.74) is 6.54. The van der Waals surface area contributed by atoms with Crippen LogP contribution in [0.5, 0.6) is 0 Å². The number of amides is 1. The molecule has 3 aromatic carbocycles. The number of hydrogen-bond donors (Lipinski definition) is 2. The molecule has 5 nitrogen and oxygen atoms in total. The zero-order valence-electron chi connectivity index (χ0n) is 15.6. The standard InChI is InChI=1S/C22H18ClFN4O/c1-14(29)27-18-9-7-15(8-10-18)12-25-28-22-17(13-26-28)11-19(20(23)21(22)24)16-5-3-2-4-6-16/h2-11,13,25H,12H2,1H3,(H,27,29). The molecule has 0 radical (unpaired) electrons. The van der Waals surface area contributed by atoms with E-state index >= 15 is 4.39 Å². The first-order valence-corrected chi connectivity index (χ1v) is 9.42. The third-order valence-corrected chi connectivity index (χ3v) is 4.90. The van der Waals surface area contributed by atoms with Gasteiger partial charge in [0.25, 0.3) is 0 Å². The maximum Gasteiger partial charge on any atom is 0.221 e. The van der Waals surface area contributed by atoms with Crippen molar-refractivity contribution in [3.8, 4) is 11.1 Å². The highest BCUT2D eigenvalue weighted by Crippen LogP contribution is 2.35. The Balaban J connectivity index is 1.59. The van der Waals surface area contributed by atoms with Crippen LogP contribution in [0.2, 0.25) is 5.02 Å². The van der Waals surface area contributed by atoms with Gasteiger partial charge in [-0.25, -0.2) is 4.39 Å². The van der Waals surface area contributed by atoms with E-state index in [1.807, 2.05) is 60.7 Å². The van der Waals surface area contributed by atoms with Gasteiger partial charge < -0.3 is 10.7 Å². The number of hydrogen-bond acceptors (Lipinski definition) is 3. The normalized spacial score (nSPS) is 10.9. The quantitative estimate of drug-likeness (QED) is 0.477. The Morgan fingerprint density at radius 3 is 2.55 bits per heavy atom. The molecule has 4 rings (SSSR count). The molecule has 0 aliphatic heterocycles. The van der Waals surface area contributed by atoms with Crippen molar-refractivity contribution in [3.63, 3.8) is 0 Å². The van der Waals surface area contributed by atoms with E-state index in [0.29, 0.717) is 23.0 Å². The maximum atomic E-state index is 15.1. The van der Waals surface area contributed by atoms with Gasteiger partial charge in [-0.1, -0.05) is 54.1 Å². The van der Waals surface area contributed by atoms with Crippen LogP contribution in [0.15, 0.2) is 66.9 Å². The van der Waals surface area contributed by atoms with Gasteiger partial charge in [0.05, 0.1) is 17.8 Å². The number of halogens is 2. The molecule has 0 fully saturated rings. The lowest BCUT2D eigenvalue weighted by Gasteiger charge is -2.11. The predicted molar refractivity (Wildman–Crippen MR) is 114 cm³/mol. The van der Waals surface area contributed by atoms with Crippen molar-refractivity contribution in [2.24, 2.45) is 0 Å². The molecule has 0 saturated heterocycles. The zero-order valence-corrected chi connectivity index (χ0v) is 16.4. The van der Waals surface area contributed by atoms with Crippen LogP contribution in [-0.2, 0) is 11.3 Å². The number of aromatic nitrogens is 2. The number of nitrogens with one attached hydrogen (secondary N) is 2. The van der Waals surface area contributed by atoms with Crippen molar-refractivity contribution in [1.29, 1.82) is 0 Å². The molecular weight excluding hydrogens is 391 g/mol. The van der Waals surface area contributed by atoms with E-state index in [4.69, 9.17) is 11.6 Å². The Labute approximate surface area is 172 Å². The van der Waals surface area contributed by atoms with Crippen LogP contribution >= 0.6 is 11.6 Å². The van der Waals surface area contributed by atoms with Gasteiger partial charge in [-0.3, -0.25) is 4.79 Å². The van der Waals surface area contributed by atoms with Crippen molar-refractivity contribution >= 4 is 34.1 Å². The molecule has 146 valence electrons. The fourth-order valence-corrected chi connectivity index (χ4v) is 3.40. The molecule has 0 saturated carbocycles. The van der Waals surface area contributed by atoms with Crippen LogP contribution < -0.4 is 10.7 Å². The topological polar surface area (TPSA) is 59.0 Å². The fraction of sp³-hybridized carbons (Fsp3) is 0.0909. The molecule has 2 N–H and O–H groups in total. The first-order valence-electron chi connectivity index (χ1n) is 9.04. The molecule has 0 aliphatic rings. The molecule has 0 aliphatic carbocycles. The number of fused-ring (bicyclic) bond motifs is 1. The lowest BCUT2D eigenvalue weighted by molar-refractivity contribution is -0.114. The average Bonchev–Trinajstić information content (AvgIpc) is 3.13. The lowest BCUT2D eigenvalue weighted by Crippen LogP contribution is -2.16. The van der Waals surface area contributed by atoms with Crippen LogP contribution in [0.1, 0.15) is 12.5 Å². The van der Waals surface area contributed by atoms with Crippen LogP contribution in [-0.4, -0.2) is 15.8 Å². The Kier molecular flexibility index (Phi) is 5.18. The van der Waals surface area contributed by atoms with E-state index < -0.39 is 5.82 Å². The van der Waals surface area contributed by atoms with Gasteiger partial charge in [-0.05, 0) is 29.3 Å². The number of nitrogens with zero attached hydrogens (tertiary/aromatic N) is 2. The molecule has 1 heterocycles. The highest BCUT2D eigenvalue weighted by atomic mass is 35.5. The minimum Gasteiger partial charge on any atom is -0.326 e. The van der Waals surface area contributed by atoms with E-state index in [-0.39, 0.29) is 10.9 Å². The Morgan fingerprint density at radius 1 is 1.14 bits per heavy atom. The highest BCUT2D eigenvalue weighted by Gasteiger charge is 2.17. The SMILES string of the molecule is CC(=O)Nc1ccc(CNn2ncc3cc(-c4ccccc4)c(Cl)c(F)c32)cc1. The highest BCUT2D eigenvalue weighted by molar-refractivity contribution is 6.34. The van der Waals surface area contributed by atoms with Gasteiger partial charge in [0.2, 0.25) is 5.91 Å². The maximum absolute atomic E-state index is 15.1. The summed E-state index contributed by atoms with van der Waals surface area (Å²) in [6.07, 6.45) is 1.61. The first-order chi connectivity index (χ1) is 14.0. The third-order valence-electron chi connectivity index (χ3n) is 4.53.